The van der Waals surface area contributed by atoms with Gasteiger partial charge in [0.25, 0.3) is 0 Å². The van der Waals surface area contributed by atoms with Crippen molar-refractivity contribution in [2.24, 2.45) is 0 Å². The van der Waals surface area contributed by atoms with Crippen molar-refractivity contribution in [1.82, 2.24) is 9.80 Å². The summed E-state index contributed by atoms with van der Waals surface area (Å²) in [6, 6.07) is 0.473. The molecule has 1 fully saturated rings. The van der Waals surface area contributed by atoms with E-state index in [1.807, 2.05) is 25.7 Å². The molecular formula is C13H26N2O2. The predicted molar refractivity (Wildman–Crippen MR) is 69.1 cm³/mol. The van der Waals surface area contributed by atoms with Gasteiger partial charge in [-0.2, -0.15) is 0 Å². The third-order valence-electron chi connectivity index (χ3n) is 3.13. The highest BCUT2D eigenvalue weighted by Crippen LogP contribution is 2.16. The van der Waals surface area contributed by atoms with Crippen LogP contribution in [0.3, 0.4) is 0 Å². The van der Waals surface area contributed by atoms with Gasteiger partial charge in [-0.25, -0.2) is 4.79 Å². The number of hydrogen-bond acceptors (Lipinski definition) is 3. The summed E-state index contributed by atoms with van der Waals surface area (Å²) in [5.74, 6) is 0. The van der Waals surface area contributed by atoms with Crippen molar-refractivity contribution in [1.29, 1.82) is 0 Å². The lowest BCUT2D eigenvalue weighted by molar-refractivity contribution is 0.00417. The zero-order chi connectivity index (χ0) is 13.1. The molecular weight excluding hydrogens is 216 g/mol. The van der Waals surface area contributed by atoms with Crippen molar-refractivity contribution in [2.45, 2.75) is 52.7 Å². The molecule has 0 N–H and O–H groups in total. The Morgan fingerprint density at radius 2 is 1.94 bits per heavy atom. The predicted octanol–water partition coefficient (Wildman–Crippen LogP) is 2.34. The highest BCUT2D eigenvalue weighted by Gasteiger charge is 2.30. The summed E-state index contributed by atoms with van der Waals surface area (Å²) in [4.78, 5) is 16.2. The Hall–Kier alpha value is -0.770. The Labute approximate surface area is 105 Å². The molecule has 17 heavy (non-hydrogen) atoms. The Kier molecular flexibility index (Phi) is 4.80. The van der Waals surface area contributed by atoms with Gasteiger partial charge in [0.05, 0.1) is 0 Å². The number of ether oxygens (including phenoxy) is 1. The van der Waals surface area contributed by atoms with E-state index in [1.165, 1.54) is 0 Å². The van der Waals surface area contributed by atoms with Crippen LogP contribution in [0.15, 0.2) is 0 Å². The summed E-state index contributed by atoms with van der Waals surface area (Å²) < 4.78 is 5.41. The highest BCUT2D eigenvalue weighted by atomic mass is 16.6. The monoisotopic (exact) mass is 242 g/mol. The molecule has 100 valence electrons. The number of nitrogens with zero attached hydrogens (tertiary/aromatic N) is 2. The van der Waals surface area contributed by atoms with Gasteiger partial charge < -0.3 is 9.64 Å². The minimum atomic E-state index is -0.402. The molecule has 4 nitrogen and oxygen atoms in total. The normalized spacial score (nSPS) is 22.6. The SMILES string of the molecule is CC[C@@H]1CN(C(=O)OC(C)(C)C)CCN1CC. The van der Waals surface area contributed by atoms with Crippen LogP contribution in [0.2, 0.25) is 0 Å². The standard InChI is InChI=1S/C13H26N2O2/c1-6-11-10-15(9-8-14(11)7-2)12(16)17-13(3,4)5/h11H,6-10H2,1-5H3/t11-/m1/s1. The third kappa shape index (κ3) is 4.19. The van der Waals surface area contributed by atoms with Gasteiger partial charge in [0.2, 0.25) is 0 Å². The fourth-order valence-corrected chi connectivity index (χ4v) is 2.19. The molecule has 0 aromatic heterocycles. The molecule has 0 aliphatic carbocycles. The third-order valence-corrected chi connectivity index (χ3v) is 3.13. The van der Waals surface area contributed by atoms with Gasteiger partial charge >= 0.3 is 6.09 Å². The molecule has 4 heteroatoms. The Morgan fingerprint density at radius 1 is 1.29 bits per heavy atom. The number of rotatable bonds is 2. The first-order valence-corrected chi connectivity index (χ1v) is 6.59. The van der Waals surface area contributed by atoms with Crippen LogP contribution in [0.5, 0.6) is 0 Å². The second kappa shape index (κ2) is 5.71. The lowest BCUT2D eigenvalue weighted by Crippen LogP contribution is -2.55. The number of carbonyl (C=O) groups excluding carboxylic acids is 1. The van der Waals surface area contributed by atoms with E-state index in [0.717, 1.165) is 32.6 Å². The number of hydrogen-bond donors (Lipinski definition) is 0. The maximum absolute atomic E-state index is 12.0. The van der Waals surface area contributed by atoms with E-state index in [9.17, 15) is 4.79 Å². The highest BCUT2D eigenvalue weighted by molar-refractivity contribution is 5.68. The minimum absolute atomic E-state index is 0.174. The van der Waals surface area contributed by atoms with Crippen molar-refractivity contribution < 1.29 is 9.53 Å². The van der Waals surface area contributed by atoms with Gasteiger partial charge in [-0.15, -0.1) is 0 Å². The molecule has 1 rings (SSSR count). The summed E-state index contributed by atoms with van der Waals surface area (Å²) in [6.07, 6.45) is 0.902. The van der Waals surface area contributed by atoms with Crippen molar-refractivity contribution in [3.63, 3.8) is 0 Å². The van der Waals surface area contributed by atoms with E-state index in [4.69, 9.17) is 4.74 Å². The number of likely N-dealkylation sites (N-methyl/N-ethyl adjacent to an activating group) is 1. The molecule has 1 atom stereocenters. The molecule has 1 heterocycles. The topological polar surface area (TPSA) is 32.8 Å². The fraction of sp³-hybridized carbons (Fsp3) is 0.923. The number of piperazine rings is 1. The van der Waals surface area contributed by atoms with Crippen LogP contribution in [0.4, 0.5) is 4.79 Å². The molecule has 0 bridgehead atoms. The first-order chi connectivity index (χ1) is 7.87. The largest absolute Gasteiger partial charge is 0.444 e. The van der Waals surface area contributed by atoms with Crippen molar-refractivity contribution in [2.75, 3.05) is 26.2 Å². The van der Waals surface area contributed by atoms with E-state index in [0.29, 0.717) is 6.04 Å². The summed E-state index contributed by atoms with van der Waals surface area (Å²) in [7, 11) is 0. The van der Waals surface area contributed by atoms with E-state index >= 15 is 0 Å². The first-order valence-electron chi connectivity index (χ1n) is 6.59. The van der Waals surface area contributed by atoms with Crippen LogP contribution < -0.4 is 0 Å². The molecule has 0 unspecified atom stereocenters. The van der Waals surface area contributed by atoms with Gasteiger partial charge in [-0.05, 0) is 33.7 Å². The maximum atomic E-state index is 12.0. The molecule has 1 aliphatic rings. The van der Waals surface area contributed by atoms with Crippen LogP contribution >= 0.6 is 0 Å². The summed E-state index contributed by atoms with van der Waals surface area (Å²) >= 11 is 0. The lowest BCUT2D eigenvalue weighted by atomic mass is 10.1. The summed E-state index contributed by atoms with van der Waals surface area (Å²) in [6.45, 7) is 13.6. The van der Waals surface area contributed by atoms with Gasteiger partial charge in [0, 0.05) is 25.7 Å². The van der Waals surface area contributed by atoms with E-state index in [-0.39, 0.29) is 6.09 Å². The Balaban J connectivity index is 2.54. The second-order valence-electron chi connectivity index (χ2n) is 5.62. The van der Waals surface area contributed by atoms with Crippen LogP contribution in [0.25, 0.3) is 0 Å². The van der Waals surface area contributed by atoms with Gasteiger partial charge in [0.1, 0.15) is 5.60 Å². The van der Waals surface area contributed by atoms with Gasteiger partial charge in [0.15, 0.2) is 0 Å². The van der Waals surface area contributed by atoms with Crippen molar-refractivity contribution in [3.05, 3.63) is 0 Å². The Bertz CT molecular complexity index is 261. The summed E-state index contributed by atoms with van der Waals surface area (Å²) in [5, 5.41) is 0. The van der Waals surface area contributed by atoms with E-state index in [1.54, 1.807) is 0 Å². The molecule has 1 aliphatic heterocycles. The second-order valence-corrected chi connectivity index (χ2v) is 5.62. The van der Waals surface area contributed by atoms with Gasteiger partial charge in [-0.1, -0.05) is 13.8 Å². The van der Waals surface area contributed by atoms with Crippen LogP contribution in [0.1, 0.15) is 41.0 Å². The van der Waals surface area contributed by atoms with E-state index in [2.05, 4.69) is 18.7 Å². The van der Waals surface area contributed by atoms with Crippen molar-refractivity contribution >= 4 is 6.09 Å². The quantitative estimate of drug-likeness (QED) is 0.745. The molecule has 0 spiro atoms. The molecule has 0 aromatic rings. The van der Waals surface area contributed by atoms with Gasteiger partial charge in [-0.3, -0.25) is 4.90 Å². The molecule has 1 amide bonds. The van der Waals surface area contributed by atoms with Crippen LogP contribution in [-0.2, 0) is 4.74 Å². The molecule has 0 saturated carbocycles. The van der Waals surface area contributed by atoms with E-state index < -0.39 is 5.60 Å². The average Bonchev–Trinajstić information content (AvgIpc) is 2.25. The van der Waals surface area contributed by atoms with Crippen LogP contribution in [0, 0.1) is 0 Å². The number of amides is 1. The zero-order valence-electron chi connectivity index (χ0n) is 11.8. The average molecular weight is 242 g/mol. The number of carbonyl (C=O) groups is 1. The van der Waals surface area contributed by atoms with Crippen LogP contribution in [-0.4, -0.2) is 53.7 Å². The lowest BCUT2D eigenvalue weighted by Gasteiger charge is -2.40. The van der Waals surface area contributed by atoms with Crippen molar-refractivity contribution in [3.8, 4) is 0 Å². The zero-order valence-corrected chi connectivity index (χ0v) is 11.8. The minimum Gasteiger partial charge on any atom is -0.444 e. The molecule has 1 saturated heterocycles. The smallest absolute Gasteiger partial charge is 0.410 e. The maximum Gasteiger partial charge on any atom is 0.410 e. The fourth-order valence-electron chi connectivity index (χ4n) is 2.19. The Morgan fingerprint density at radius 3 is 2.41 bits per heavy atom. The molecule has 0 radical (unpaired) electrons. The first kappa shape index (κ1) is 14.3. The molecule has 0 aromatic carbocycles. The summed E-state index contributed by atoms with van der Waals surface area (Å²) in [5.41, 5.74) is -0.402.